The van der Waals surface area contributed by atoms with Crippen molar-refractivity contribution in [2.24, 2.45) is 5.92 Å². The lowest BCUT2D eigenvalue weighted by atomic mass is 9.98. The number of unbranched alkanes of at least 4 members (excludes halogenated alkanes) is 1. The minimum Gasteiger partial charge on any atom is -0.481 e. The zero-order chi connectivity index (χ0) is 25.5. The fourth-order valence-corrected chi connectivity index (χ4v) is 3.27. The van der Waals surface area contributed by atoms with Gasteiger partial charge in [-0.2, -0.15) is 17.8 Å². The molecule has 9 nitrogen and oxygen atoms in total. The molecule has 0 aliphatic rings. The SMILES string of the molecule is CCCCC(=O)O.C[C@H](CS)C(=O)NCCNCc1ccc(-c2ccccc2-c2nn[nH]n2)cc1. The maximum Gasteiger partial charge on any atom is 0.303 e. The number of thiol groups is 1. The Morgan fingerprint density at radius 2 is 1.80 bits per heavy atom. The van der Waals surface area contributed by atoms with Gasteiger partial charge in [0, 0.05) is 43.3 Å². The number of benzene rings is 2. The van der Waals surface area contributed by atoms with Crippen LogP contribution >= 0.6 is 12.6 Å². The number of rotatable bonds is 12. The van der Waals surface area contributed by atoms with Gasteiger partial charge >= 0.3 is 5.97 Å². The van der Waals surface area contributed by atoms with Gasteiger partial charge in [0.25, 0.3) is 0 Å². The molecule has 0 unspecified atom stereocenters. The zero-order valence-electron chi connectivity index (χ0n) is 20.2. The van der Waals surface area contributed by atoms with Crippen LogP contribution < -0.4 is 10.6 Å². The van der Waals surface area contributed by atoms with Crippen LogP contribution in [0.5, 0.6) is 0 Å². The van der Waals surface area contributed by atoms with E-state index >= 15 is 0 Å². The molecule has 0 fully saturated rings. The van der Waals surface area contributed by atoms with Gasteiger partial charge in [-0.3, -0.25) is 9.59 Å². The predicted octanol–water partition coefficient (Wildman–Crippen LogP) is 3.57. The van der Waals surface area contributed by atoms with Crippen molar-refractivity contribution in [2.75, 3.05) is 18.8 Å². The highest BCUT2D eigenvalue weighted by atomic mass is 32.1. The average Bonchev–Trinajstić information content (AvgIpc) is 3.42. The van der Waals surface area contributed by atoms with Gasteiger partial charge in [-0.1, -0.05) is 68.8 Å². The molecular weight excluding hydrogens is 464 g/mol. The monoisotopic (exact) mass is 498 g/mol. The smallest absolute Gasteiger partial charge is 0.303 e. The summed E-state index contributed by atoms with van der Waals surface area (Å²) >= 11 is 4.14. The third-order valence-corrected chi connectivity index (χ3v) is 5.72. The first kappa shape index (κ1) is 28.0. The highest BCUT2D eigenvalue weighted by Crippen LogP contribution is 2.29. The van der Waals surface area contributed by atoms with Crippen LogP contribution in [0.3, 0.4) is 0 Å². The van der Waals surface area contributed by atoms with Crippen LogP contribution in [0.25, 0.3) is 22.5 Å². The molecule has 3 rings (SSSR count). The molecule has 188 valence electrons. The summed E-state index contributed by atoms with van der Waals surface area (Å²) in [6.07, 6.45) is 2.08. The lowest BCUT2D eigenvalue weighted by molar-refractivity contribution is -0.137. The number of carbonyl (C=O) groups excluding carboxylic acids is 1. The van der Waals surface area contributed by atoms with Crippen molar-refractivity contribution in [1.29, 1.82) is 0 Å². The van der Waals surface area contributed by atoms with Crippen LogP contribution in [0.2, 0.25) is 0 Å². The van der Waals surface area contributed by atoms with Gasteiger partial charge in [-0.25, -0.2) is 0 Å². The first-order chi connectivity index (χ1) is 17.0. The average molecular weight is 499 g/mol. The number of hydrogen-bond acceptors (Lipinski definition) is 7. The number of H-pyrrole nitrogens is 1. The van der Waals surface area contributed by atoms with E-state index in [0.717, 1.165) is 36.1 Å². The largest absolute Gasteiger partial charge is 0.481 e. The molecule has 0 aliphatic heterocycles. The van der Waals surface area contributed by atoms with Gasteiger partial charge < -0.3 is 15.7 Å². The summed E-state index contributed by atoms with van der Waals surface area (Å²) in [5.41, 5.74) is 4.27. The highest BCUT2D eigenvalue weighted by Gasteiger charge is 2.11. The van der Waals surface area contributed by atoms with Crippen molar-refractivity contribution in [3.8, 4) is 22.5 Å². The van der Waals surface area contributed by atoms with E-state index < -0.39 is 5.97 Å². The number of tetrazole rings is 1. The normalized spacial score (nSPS) is 11.3. The van der Waals surface area contributed by atoms with E-state index in [0.29, 0.717) is 31.1 Å². The molecular formula is C25H34N6O3S. The molecule has 10 heteroatoms. The summed E-state index contributed by atoms with van der Waals surface area (Å²) in [6, 6.07) is 16.4. The quantitative estimate of drug-likeness (QED) is 0.190. The van der Waals surface area contributed by atoms with Gasteiger partial charge in [0.1, 0.15) is 0 Å². The number of carboxylic acid groups (broad SMARTS) is 1. The summed E-state index contributed by atoms with van der Waals surface area (Å²) in [5.74, 6) is 0.423. The third kappa shape index (κ3) is 9.87. The summed E-state index contributed by atoms with van der Waals surface area (Å²) in [7, 11) is 0. The molecule has 0 spiro atoms. The number of carboxylic acids is 1. The third-order valence-electron chi connectivity index (χ3n) is 5.17. The van der Waals surface area contributed by atoms with Crippen LogP contribution in [-0.4, -0.2) is 56.4 Å². The van der Waals surface area contributed by atoms with E-state index in [9.17, 15) is 9.59 Å². The Kier molecular flexibility index (Phi) is 12.5. The number of nitrogens with zero attached hydrogens (tertiary/aromatic N) is 3. The van der Waals surface area contributed by atoms with Gasteiger partial charge in [-0.15, -0.1) is 10.2 Å². The van der Waals surface area contributed by atoms with Gasteiger partial charge in [0.2, 0.25) is 11.7 Å². The van der Waals surface area contributed by atoms with Crippen molar-refractivity contribution in [1.82, 2.24) is 31.3 Å². The first-order valence-electron chi connectivity index (χ1n) is 11.7. The minimum atomic E-state index is -0.693. The van der Waals surface area contributed by atoms with Crippen molar-refractivity contribution in [3.05, 3.63) is 54.1 Å². The number of aromatic nitrogens is 4. The van der Waals surface area contributed by atoms with E-state index in [-0.39, 0.29) is 11.8 Å². The number of aromatic amines is 1. The molecule has 0 aliphatic carbocycles. The van der Waals surface area contributed by atoms with Gasteiger partial charge in [-0.05, 0) is 28.3 Å². The number of carbonyl (C=O) groups is 2. The van der Waals surface area contributed by atoms with Crippen LogP contribution in [0.1, 0.15) is 38.7 Å². The molecule has 35 heavy (non-hydrogen) atoms. The summed E-state index contributed by atoms with van der Waals surface area (Å²) < 4.78 is 0. The fraction of sp³-hybridized carbons (Fsp3) is 0.400. The Bertz CT molecular complexity index is 1030. The molecule has 1 aromatic heterocycles. The molecule has 0 radical (unpaired) electrons. The number of hydrogen-bond donors (Lipinski definition) is 5. The summed E-state index contributed by atoms with van der Waals surface area (Å²) in [5, 5.41) is 28.6. The van der Waals surface area contributed by atoms with E-state index in [4.69, 9.17) is 5.11 Å². The Labute approximate surface area is 211 Å². The predicted molar refractivity (Wildman–Crippen MR) is 140 cm³/mol. The van der Waals surface area contributed by atoms with E-state index in [1.807, 2.05) is 38.1 Å². The van der Waals surface area contributed by atoms with Crippen LogP contribution in [0.15, 0.2) is 48.5 Å². The molecule has 4 N–H and O–H groups in total. The molecule has 1 heterocycles. The lowest BCUT2D eigenvalue weighted by Crippen LogP contribution is -2.35. The number of aliphatic carboxylic acids is 1. The molecule has 0 saturated heterocycles. The lowest BCUT2D eigenvalue weighted by Gasteiger charge is -2.11. The van der Waals surface area contributed by atoms with Gasteiger partial charge in [0.05, 0.1) is 0 Å². The van der Waals surface area contributed by atoms with Crippen molar-refractivity contribution >= 4 is 24.5 Å². The second-order valence-corrected chi connectivity index (χ2v) is 8.39. The Morgan fingerprint density at radius 3 is 2.37 bits per heavy atom. The van der Waals surface area contributed by atoms with E-state index in [2.05, 4.69) is 68.2 Å². The van der Waals surface area contributed by atoms with Crippen molar-refractivity contribution < 1.29 is 14.7 Å². The maximum absolute atomic E-state index is 11.7. The zero-order valence-corrected chi connectivity index (χ0v) is 21.1. The second kappa shape index (κ2) is 15.6. The topological polar surface area (TPSA) is 133 Å². The van der Waals surface area contributed by atoms with Crippen LogP contribution in [0, 0.1) is 5.92 Å². The fourth-order valence-electron chi connectivity index (χ4n) is 3.10. The van der Waals surface area contributed by atoms with Crippen LogP contribution in [0.4, 0.5) is 0 Å². The molecule has 1 amide bonds. The molecule has 0 saturated carbocycles. The van der Waals surface area contributed by atoms with Gasteiger partial charge in [0.15, 0.2) is 0 Å². The van der Waals surface area contributed by atoms with E-state index in [1.165, 1.54) is 5.56 Å². The highest BCUT2D eigenvalue weighted by molar-refractivity contribution is 7.80. The number of amides is 1. The van der Waals surface area contributed by atoms with Crippen molar-refractivity contribution in [2.45, 2.75) is 39.7 Å². The molecule has 3 aromatic rings. The summed E-state index contributed by atoms with van der Waals surface area (Å²) in [6.45, 7) is 5.91. The molecule has 1 atom stereocenters. The minimum absolute atomic E-state index is 0.0430. The molecule has 0 bridgehead atoms. The van der Waals surface area contributed by atoms with Crippen LogP contribution in [-0.2, 0) is 16.1 Å². The maximum atomic E-state index is 11.7. The summed E-state index contributed by atoms with van der Waals surface area (Å²) in [4.78, 5) is 21.4. The van der Waals surface area contributed by atoms with E-state index in [1.54, 1.807) is 0 Å². The van der Waals surface area contributed by atoms with Crippen molar-refractivity contribution in [3.63, 3.8) is 0 Å². The standard InChI is InChI=1S/C20H24N6OS.C5H10O2/c1-14(13-28)20(27)22-11-10-21-12-15-6-8-16(9-7-15)17-4-2-3-5-18(17)19-23-25-26-24-19;1-2-3-4-5(6)7/h2-9,14,21,28H,10-13H2,1H3,(H,22,27)(H,23,24,25,26);2-4H2,1H3,(H,6,7)/t14-;/m1./s1. The Balaban J connectivity index is 0.000000540. The number of nitrogens with one attached hydrogen (secondary N) is 3. The Morgan fingerprint density at radius 1 is 1.09 bits per heavy atom. The Hall–Kier alpha value is -3.24. The second-order valence-electron chi connectivity index (χ2n) is 8.03. The first-order valence-corrected chi connectivity index (χ1v) is 12.3. The molecule has 2 aromatic carbocycles.